The van der Waals surface area contributed by atoms with E-state index in [0.717, 1.165) is 19.0 Å². The zero-order valence-corrected chi connectivity index (χ0v) is 9.47. The van der Waals surface area contributed by atoms with Crippen LogP contribution < -0.4 is 5.32 Å². The molecule has 0 saturated carbocycles. The molecule has 0 aromatic heterocycles. The van der Waals surface area contributed by atoms with Crippen molar-refractivity contribution < 1.29 is 19.1 Å². The van der Waals surface area contributed by atoms with Crippen molar-refractivity contribution in [3.63, 3.8) is 0 Å². The van der Waals surface area contributed by atoms with Crippen molar-refractivity contribution in [3.8, 4) is 0 Å². The average Bonchev–Trinajstić information content (AvgIpc) is 2.25. The lowest BCUT2D eigenvalue weighted by molar-refractivity contribution is -0.135. The minimum atomic E-state index is -0.717. The van der Waals surface area contributed by atoms with Gasteiger partial charge in [-0.05, 0) is 6.42 Å². The average molecular weight is 236 g/mol. The van der Waals surface area contributed by atoms with Gasteiger partial charge in [-0.1, -0.05) is 24.9 Å². The van der Waals surface area contributed by atoms with Crippen LogP contribution in [0.4, 0.5) is 4.79 Å². The summed E-state index contributed by atoms with van der Waals surface area (Å²) in [6.07, 6.45) is 2.11. The Labute approximate surface area is 93.4 Å². The number of unbranched alkanes of at least 4 members (excludes halogenated alkanes) is 1. The summed E-state index contributed by atoms with van der Waals surface area (Å²) in [6, 6.07) is 0. The molecule has 0 bridgehead atoms. The highest BCUT2D eigenvalue weighted by Crippen LogP contribution is 2.01. The number of carbonyl (C=O) groups is 2. The summed E-state index contributed by atoms with van der Waals surface area (Å²) in [4.78, 5) is 21.7. The smallest absolute Gasteiger partial charge is 0.411 e. The molecule has 1 N–H and O–H groups in total. The molecule has 0 fully saturated rings. The second kappa shape index (κ2) is 8.11. The molecular formula is C9H14ClNO4. The lowest BCUT2D eigenvalue weighted by atomic mass is 10.4. The van der Waals surface area contributed by atoms with E-state index >= 15 is 0 Å². The maximum atomic E-state index is 10.9. The Hall–Kier alpha value is -1.23. The van der Waals surface area contributed by atoms with Gasteiger partial charge in [-0.2, -0.15) is 0 Å². The molecule has 0 saturated heterocycles. The molecule has 5 nitrogen and oxygen atoms in total. The van der Waals surface area contributed by atoms with Crippen LogP contribution in [-0.4, -0.2) is 25.8 Å². The third-order valence-electron chi connectivity index (χ3n) is 1.43. The largest absolute Gasteiger partial charge is 0.465 e. The summed E-state index contributed by atoms with van der Waals surface area (Å²) in [7, 11) is 1.19. The fourth-order valence-corrected chi connectivity index (χ4v) is 0.761. The van der Waals surface area contributed by atoms with Crippen LogP contribution in [0.25, 0.3) is 0 Å². The lowest BCUT2D eigenvalue weighted by Crippen LogP contribution is -2.20. The predicted octanol–water partition coefficient (Wildman–Crippen LogP) is 1.77. The van der Waals surface area contributed by atoms with Gasteiger partial charge in [0.25, 0.3) is 0 Å². The topological polar surface area (TPSA) is 64.6 Å². The molecule has 0 atom stereocenters. The summed E-state index contributed by atoms with van der Waals surface area (Å²) in [5.41, 5.74) is 0. The molecule has 0 aromatic rings. The van der Waals surface area contributed by atoms with Crippen LogP contribution in [-0.2, 0) is 14.3 Å². The van der Waals surface area contributed by atoms with Gasteiger partial charge in [-0.15, -0.1) is 0 Å². The van der Waals surface area contributed by atoms with E-state index in [2.05, 4.69) is 10.1 Å². The minimum Gasteiger partial charge on any atom is -0.465 e. The van der Waals surface area contributed by atoms with E-state index < -0.39 is 12.1 Å². The zero-order valence-electron chi connectivity index (χ0n) is 8.71. The van der Waals surface area contributed by atoms with E-state index in [0.29, 0.717) is 6.61 Å². The molecule has 0 heterocycles. The van der Waals surface area contributed by atoms with Crippen LogP contribution in [0.3, 0.4) is 0 Å². The van der Waals surface area contributed by atoms with E-state index in [4.69, 9.17) is 16.3 Å². The molecule has 0 unspecified atom stereocenters. The summed E-state index contributed by atoms with van der Waals surface area (Å²) >= 11 is 5.45. The molecule has 0 radical (unpaired) electrons. The third-order valence-corrected chi connectivity index (χ3v) is 1.69. The second-order valence-electron chi connectivity index (χ2n) is 2.62. The van der Waals surface area contributed by atoms with Crippen LogP contribution in [0, 0.1) is 0 Å². The number of methoxy groups -OCH3 is 1. The van der Waals surface area contributed by atoms with Crippen molar-refractivity contribution in [2.45, 2.75) is 19.8 Å². The first-order valence-electron chi connectivity index (χ1n) is 4.49. The second-order valence-corrected chi connectivity index (χ2v) is 3.02. The van der Waals surface area contributed by atoms with Gasteiger partial charge in [0.2, 0.25) is 0 Å². The van der Waals surface area contributed by atoms with Crippen molar-refractivity contribution in [1.82, 2.24) is 5.32 Å². The molecule has 0 aliphatic rings. The van der Waals surface area contributed by atoms with Crippen LogP contribution >= 0.6 is 11.6 Å². The van der Waals surface area contributed by atoms with Gasteiger partial charge in [0.05, 0.1) is 13.7 Å². The number of rotatable bonds is 5. The molecule has 15 heavy (non-hydrogen) atoms. The van der Waals surface area contributed by atoms with Gasteiger partial charge in [0.1, 0.15) is 5.03 Å². The van der Waals surface area contributed by atoms with Crippen molar-refractivity contribution in [2.75, 3.05) is 13.7 Å². The van der Waals surface area contributed by atoms with Gasteiger partial charge < -0.3 is 9.47 Å². The normalized spacial score (nSPS) is 10.7. The Morgan fingerprint density at radius 2 is 2.13 bits per heavy atom. The molecule has 0 aliphatic heterocycles. The molecule has 0 aliphatic carbocycles. The van der Waals surface area contributed by atoms with E-state index in [1.165, 1.54) is 7.11 Å². The van der Waals surface area contributed by atoms with Crippen LogP contribution in [0.2, 0.25) is 0 Å². The number of amides is 1. The Morgan fingerprint density at radius 3 is 2.67 bits per heavy atom. The van der Waals surface area contributed by atoms with Crippen molar-refractivity contribution in [2.24, 2.45) is 0 Å². The molecular weight excluding hydrogens is 222 g/mol. The summed E-state index contributed by atoms with van der Waals surface area (Å²) < 4.78 is 9.05. The number of hydrogen-bond donors (Lipinski definition) is 1. The molecule has 0 rings (SSSR count). The number of alkyl carbamates (subject to hydrolysis) is 1. The summed E-state index contributed by atoms with van der Waals surface area (Å²) in [5.74, 6) is -0.717. The van der Waals surface area contributed by atoms with Crippen molar-refractivity contribution in [1.29, 1.82) is 0 Å². The van der Waals surface area contributed by atoms with Crippen LogP contribution in [0.15, 0.2) is 11.2 Å². The van der Waals surface area contributed by atoms with Gasteiger partial charge in [0.15, 0.2) is 0 Å². The Balaban J connectivity index is 3.83. The van der Waals surface area contributed by atoms with Gasteiger partial charge in [-0.25, -0.2) is 9.59 Å². The van der Waals surface area contributed by atoms with Crippen molar-refractivity contribution >= 4 is 23.7 Å². The quantitative estimate of drug-likeness (QED) is 0.448. The Morgan fingerprint density at radius 1 is 1.47 bits per heavy atom. The third kappa shape index (κ3) is 6.79. The highest BCUT2D eigenvalue weighted by Gasteiger charge is 2.06. The van der Waals surface area contributed by atoms with Gasteiger partial charge in [0, 0.05) is 6.20 Å². The fraction of sp³-hybridized carbons (Fsp3) is 0.556. The number of carbonyl (C=O) groups excluding carboxylic acids is 2. The highest BCUT2D eigenvalue weighted by molar-refractivity contribution is 6.41. The van der Waals surface area contributed by atoms with Gasteiger partial charge in [-0.3, -0.25) is 5.32 Å². The summed E-state index contributed by atoms with van der Waals surface area (Å²) in [5, 5.41) is 1.98. The van der Waals surface area contributed by atoms with E-state index in [1.54, 1.807) is 0 Å². The number of esters is 1. The number of nitrogens with one attached hydrogen (secondary N) is 1. The number of hydrogen-bond acceptors (Lipinski definition) is 4. The Bertz CT molecular complexity index is 252. The molecule has 0 spiro atoms. The zero-order chi connectivity index (χ0) is 11.7. The monoisotopic (exact) mass is 235 g/mol. The van der Waals surface area contributed by atoms with Crippen molar-refractivity contribution in [3.05, 3.63) is 11.2 Å². The van der Waals surface area contributed by atoms with E-state index in [-0.39, 0.29) is 5.03 Å². The van der Waals surface area contributed by atoms with Crippen LogP contribution in [0.5, 0.6) is 0 Å². The SMILES string of the molecule is CCCCOC(=O)N/C=C(\Cl)C(=O)OC. The number of ether oxygens (including phenoxy) is 2. The molecule has 86 valence electrons. The number of halogens is 1. The predicted molar refractivity (Wildman–Crippen MR) is 55.3 cm³/mol. The first kappa shape index (κ1) is 13.8. The first-order valence-corrected chi connectivity index (χ1v) is 4.86. The molecule has 1 amide bonds. The summed E-state index contributed by atoms with van der Waals surface area (Å²) in [6.45, 7) is 2.32. The Kier molecular flexibility index (Phi) is 7.44. The van der Waals surface area contributed by atoms with Gasteiger partial charge >= 0.3 is 12.1 Å². The van der Waals surface area contributed by atoms with Crippen LogP contribution in [0.1, 0.15) is 19.8 Å². The maximum absolute atomic E-state index is 10.9. The lowest BCUT2D eigenvalue weighted by Gasteiger charge is -2.02. The van der Waals surface area contributed by atoms with E-state index in [9.17, 15) is 9.59 Å². The standard InChI is InChI=1S/C9H14ClNO4/c1-3-4-5-15-9(13)11-6-7(10)8(12)14-2/h6H,3-5H2,1-2H3,(H,11,13)/b7-6-. The first-order chi connectivity index (χ1) is 7.11. The van der Waals surface area contributed by atoms with E-state index in [1.807, 2.05) is 6.92 Å². The molecule has 0 aromatic carbocycles. The fourth-order valence-electron chi connectivity index (χ4n) is 0.630. The maximum Gasteiger partial charge on any atom is 0.411 e. The minimum absolute atomic E-state index is 0.218. The molecule has 6 heteroatoms. The highest BCUT2D eigenvalue weighted by atomic mass is 35.5.